The first-order chi connectivity index (χ1) is 16.2. The summed E-state index contributed by atoms with van der Waals surface area (Å²) in [5.41, 5.74) is 2.26. The van der Waals surface area contributed by atoms with Crippen LogP contribution in [0.5, 0.6) is 0 Å². The third kappa shape index (κ3) is 7.13. The summed E-state index contributed by atoms with van der Waals surface area (Å²) < 4.78 is 25.0. The molecule has 10 heteroatoms. The number of benzene rings is 1. The maximum atomic E-state index is 14.4. The minimum absolute atomic E-state index is 0.0858. The number of piperazine rings is 1. The molecular weight excluding hydrogens is 441 g/mol. The van der Waals surface area contributed by atoms with E-state index in [1.165, 1.54) is 12.3 Å². The molecule has 1 aliphatic rings. The van der Waals surface area contributed by atoms with Crippen molar-refractivity contribution < 1.29 is 23.5 Å². The third-order valence-electron chi connectivity index (χ3n) is 5.35. The molecule has 2 heterocycles. The van der Waals surface area contributed by atoms with Gasteiger partial charge in [-0.3, -0.25) is 9.88 Å². The van der Waals surface area contributed by atoms with E-state index < -0.39 is 11.8 Å². The highest BCUT2D eigenvalue weighted by Gasteiger charge is 2.32. The van der Waals surface area contributed by atoms with Crippen LogP contribution in [0, 0.1) is 12.7 Å². The van der Waals surface area contributed by atoms with Crippen molar-refractivity contribution in [3.63, 3.8) is 0 Å². The molecule has 0 unspecified atom stereocenters. The number of aryl methyl sites for hydroxylation is 1. The number of aromatic nitrogens is 1. The number of methoxy groups -OCH3 is 1. The summed E-state index contributed by atoms with van der Waals surface area (Å²) >= 11 is 0. The zero-order valence-corrected chi connectivity index (χ0v) is 20.0. The molecule has 2 N–H and O–H groups in total. The Hall–Kier alpha value is -3.24. The van der Waals surface area contributed by atoms with Crippen molar-refractivity contribution in [2.75, 3.05) is 44.0 Å². The van der Waals surface area contributed by atoms with Gasteiger partial charge in [-0.25, -0.2) is 14.0 Å². The highest BCUT2D eigenvalue weighted by molar-refractivity contribution is 5.99. The van der Waals surface area contributed by atoms with Crippen LogP contribution in [0.1, 0.15) is 25.1 Å². The van der Waals surface area contributed by atoms with Crippen LogP contribution < -0.4 is 10.6 Å². The lowest BCUT2D eigenvalue weighted by atomic mass is 10.1. The number of carbonyl (C=O) groups is 2. The van der Waals surface area contributed by atoms with Gasteiger partial charge in [0.05, 0.1) is 36.3 Å². The fourth-order valence-electron chi connectivity index (χ4n) is 3.76. The normalized spacial score (nSPS) is 16.4. The van der Waals surface area contributed by atoms with Crippen molar-refractivity contribution in [2.24, 2.45) is 0 Å². The van der Waals surface area contributed by atoms with E-state index in [1.807, 2.05) is 20.8 Å². The highest BCUT2D eigenvalue weighted by atomic mass is 19.1. The molecule has 3 amide bonds. The molecule has 0 spiro atoms. The molecule has 9 nitrogen and oxygen atoms in total. The van der Waals surface area contributed by atoms with Crippen molar-refractivity contribution in [1.29, 1.82) is 0 Å². The van der Waals surface area contributed by atoms with E-state index in [0.29, 0.717) is 38.5 Å². The van der Waals surface area contributed by atoms with Gasteiger partial charge in [0.1, 0.15) is 5.82 Å². The molecule has 1 fully saturated rings. The zero-order chi connectivity index (χ0) is 24.7. The van der Waals surface area contributed by atoms with Gasteiger partial charge in [-0.05, 0) is 50.6 Å². The van der Waals surface area contributed by atoms with Gasteiger partial charge >= 0.3 is 12.1 Å². The highest BCUT2D eigenvalue weighted by Crippen LogP contribution is 2.20. The monoisotopic (exact) mass is 473 g/mol. The Bertz CT molecular complexity index is 986. The van der Waals surface area contributed by atoms with E-state index in [0.717, 1.165) is 11.3 Å². The van der Waals surface area contributed by atoms with E-state index >= 15 is 0 Å². The smallest absolute Gasteiger partial charge is 0.410 e. The number of pyridine rings is 1. The van der Waals surface area contributed by atoms with Crippen LogP contribution in [0.4, 0.5) is 25.4 Å². The van der Waals surface area contributed by atoms with Crippen LogP contribution in [0.2, 0.25) is 0 Å². The SMILES string of the molecule is COC[C@H]1CN(Cc2ccc(F)c(NC(=O)Nc3ccc(C)nc3)c2)CCN1C(=O)OC(C)C. The quantitative estimate of drug-likeness (QED) is 0.634. The van der Waals surface area contributed by atoms with Gasteiger partial charge in [-0.1, -0.05) is 6.07 Å². The molecule has 0 saturated carbocycles. The number of nitrogens with zero attached hydrogens (tertiary/aromatic N) is 3. The minimum Gasteiger partial charge on any atom is -0.447 e. The van der Waals surface area contributed by atoms with Crippen molar-refractivity contribution >= 4 is 23.5 Å². The van der Waals surface area contributed by atoms with E-state index in [2.05, 4.69) is 20.5 Å². The number of carbonyl (C=O) groups excluding carboxylic acids is 2. The maximum absolute atomic E-state index is 14.4. The second-order valence-electron chi connectivity index (χ2n) is 8.55. The Kier molecular flexibility index (Phi) is 8.78. The number of nitrogens with one attached hydrogen (secondary N) is 2. The van der Waals surface area contributed by atoms with Crippen molar-refractivity contribution in [1.82, 2.24) is 14.8 Å². The van der Waals surface area contributed by atoms with E-state index in [4.69, 9.17) is 9.47 Å². The van der Waals surface area contributed by atoms with Crippen molar-refractivity contribution in [3.05, 3.63) is 53.6 Å². The lowest BCUT2D eigenvalue weighted by Gasteiger charge is -2.40. The lowest BCUT2D eigenvalue weighted by Crippen LogP contribution is -2.56. The summed E-state index contributed by atoms with van der Waals surface area (Å²) in [7, 11) is 1.60. The van der Waals surface area contributed by atoms with Crippen LogP contribution in [0.15, 0.2) is 36.5 Å². The second kappa shape index (κ2) is 11.8. The Morgan fingerprint density at radius 1 is 1.21 bits per heavy atom. The molecule has 34 heavy (non-hydrogen) atoms. The van der Waals surface area contributed by atoms with Gasteiger partial charge in [0.25, 0.3) is 0 Å². The fraction of sp³-hybridized carbons (Fsp3) is 0.458. The largest absolute Gasteiger partial charge is 0.447 e. The summed E-state index contributed by atoms with van der Waals surface area (Å²) in [5.74, 6) is -0.528. The van der Waals surface area contributed by atoms with Crippen molar-refractivity contribution in [2.45, 2.75) is 39.5 Å². The average Bonchev–Trinajstić information content (AvgIpc) is 2.77. The van der Waals surface area contributed by atoms with Gasteiger partial charge in [-0.15, -0.1) is 0 Å². The fourth-order valence-corrected chi connectivity index (χ4v) is 3.76. The molecule has 3 rings (SSSR count). The number of rotatable bonds is 7. The molecule has 2 aromatic rings. The predicted molar refractivity (Wildman–Crippen MR) is 127 cm³/mol. The minimum atomic E-state index is -0.556. The first-order valence-corrected chi connectivity index (χ1v) is 11.2. The van der Waals surface area contributed by atoms with E-state index in [9.17, 15) is 14.0 Å². The number of amides is 3. The van der Waals surface area contributed by atoms with E-state index in [-0.39, 0.29) is 23.9 Å². The average molecular weight is 474 g/mol. The molecule has 1 aromatic carbocycles. The summed E-state index contributed by atoms with van der Waals surface area (Å²) in [6.07, 6.45) is 0.993. The van der Waals surface area contributed by atoms with Crippen LogP contribution in [-0.2, 0) is 16.0 Å². The third-order valence-corrected chi connectivity index (χ3v) is 5.35. The molecule has 0 radical (unpaired) electrons. The molecule has 1 aliphatic heterocycles. The molecule has 0 bridgehead atoms. The Morgan fingerprint density at radius 2 is 2.00 bits per heavy atom. The molecule has 0 aliphatic carbocycles. The van der Waals surface area contributed by atoms with E-state index in [1.54, 1.807) is 36.3 Å². The summed E-state index contributed by atoms with van der Waals surface area (Å²) in [4.78, 5) is 32.7. The first kappa shape index (κ1) is 25.4. The number of anilines is 2. The Labute approximate surface area is 199 Å². The Morgan fingerprint density at radius 3 is 2.68 bits per heavy atom. The topological polar surface area (TPSA) is 96.0 Å². The van der Waals surface area contributed by atoms with Crippen molar-refractivity contribution in [3.8, 4) is 0 Å². The molecule has 1 aromatic heterocycles. The summed E-state index contributed by atoms with van der Waals surface area (Å²) in [6.45, 7) is 8.11. The van der Waals surface area contributed by atoms with Crippen LogP contribution in [0.3, 0.4) is 0 Å². The molecule has 1 saturated heterocycles. The number of ether oxygens (including phenoxy) is 2. The number of hydrogen-bond acceptors (Lipinski definition) is 6. The van der Waals surface area contributed by atoms with Gasteiger partial charge < -0.3 is 25.0 Å². The zero-order valence-electron chi connectivity index (χ0n) is 20.0. The van der Waals surface area contributed by atoms with Crippen LogP contribution in [-0.4, -0.2) is 72.4 Å². The van der Waals surface area contributed by atoms with Gasteiger partial charge in [-0.2, -0.15) is 0 Å². The molecule has 184 valence electrons. The van der Waals surface area contributed by atoms with Gasteiger partial charge in [0.2, 0.25) is 0 Å². The standard InChI is InChI=1S/C24H32FN5O4/c1-16(2)34-24(32)30-10-9-29(14-20(30)15-33-4)13-18-6-8-21(25)22(11-18)28-23(31)27-19-7-5-17(3)26-12-19/h5-8,11-12,16,20H,9-10,13-15H2,1-4H3,(H2,27,28,31)/t20-/m1/s1. The summed E-state index contributed by atoms with van der Waals surface area (Å²) in [5, 5.41) is 5.20. The number of hydrogen-bond donors (Lipinski definition) is 2. The number of urea groups is 1. The van der Waals surface area contributed by atoms with Crippen LogP contribution >= 0.6 is 0 Å². The lowest BCUT2D eigenvalue weighted by molar-refractivity contribution is 0.00558. The predicted octanol–water partition coefficient (Wildman–Crippen LogP) is 3.85. The Balaban J connectivity index is 1.62. The molecular formula is C24H32FN5O4. The number of halogens is 1. The first-order valence-electron chi connectivity index (χ1n) is 11.2. The van der Waals surface area contributed by atoms with Gasteiger partial charge in [0, 0.05) is 39.0 Å². The second-order valence-corrected chi connectivity index (χ2v) is 8.55. The van der Waals surface area contributed by atoms with Crippen LogP contribution in [0.25, 0.3) is 0 Å². The molecule has 1 atom stereocenters. The summed E-state index contributed by atoms with van der Waals surface area (Å²) in [6, 6.07) is 7.43. The maximum Gasteiger partial charge on any atom is 0.410 e. The van der Waals surface area contributed by atoms with Gasteiger partial charge in [0.15, 0.2) is 0 Å².